The van der Waals surface area contributed by atoms with Gasteiger partial charge in [-0.1, -0.05) is 6.92 Å². The number of nitrogens with zero attached hydrogens (tertiary/aromatic N) is 2. The molecule has 4 heteroatoms. The van der Waals surface area contributed by atoms with Crippen molar-refractivity contribution >= 4 is 5.82 Å². The van der Waals surface area contributed by atoms with Crippen LogP contribution in [0.4, 0.5) is 5.82 Å². The fourth-order valence-electron chi connectivity index (χ4n) is 1.07. The molecular weight excluding hydrogens is 176 g/mol. The smallest absolute Gasteiger partial charge is 0.132 e. The lowest BCUT2D eigenvalue weighted by atomic mass is 10.2. The molecule has 1 atom stereocenters. The van der Waals surface area contributed by atoms with Gasteiger partial charge in [0.15, 0.2) is 0 Å². The van der Waals surface area contributed by atoms with Gasteiger partial charge >= 0.3 is 0 Å². The zero-order chi connectivity index (χ0) is 10.6. The summed E-state index contributed by atoms with van der Waals surface area (Å²) in [6.45, 7) is 7.65. The number of hydrogen-bond acceptors (Lipinski definition) is 4. The van der Waals surface area contributed by atoms with E-state index >= 15 is 0 Å². The molecule has 0 aliphatic rings. The van der Waals surface area contributed by atoms with Crippen molar-refractivity contribution in [1.82, 2.24) is 9.97 Å². The number of anilines is 1. The van der Waals surface area contributed by atoms with E-state index < -0.39 is 0 Å². The van der Waals surface area contributed by atoms with Crippen LogP contribution in [0.15, 0.2) is 6.33 Å². The molecule has 1 unspecified atom stereocenters. The Kier molecular flexibility index (Phi) is 3.83. The first-order valence-electron chi connectivity index (χ1n) is 4.87. The molecule has 0 radical (unpaired) electrons. The molecular formula is C10H18N4. The molecule has 0 bridgehead atoms. The molecule has 4 nitrogen and oxygen atoms in total. The molecule has 3 N–H and O–H groups in total. The molecule has 0 fully saturated rings. The number of aromatic nitrogens is 2. The third-order valence-electron chi connectivity index (χ3n) is 2.36. The van der Waals surface area contributed by atoms with Gasteiger partial charge in [0.2, 0.25) is 0 Å². The summed E-state index contributed by atoms with van der Waals surface area (Å²) in [6, 6.07) is 0. The average molecular weight is 194 g/mol. The van der Waals surface area contributed by atoms with Crippen LogP contribution in [0.25, 0.3) is 0 Å². The highest BCUT2D eigenvalue weighted by molar-refractivity contribution is 5.44. The van der Waals surface area contributed by atoms with E-state index in [1.165, 1.54) is 0 Å². The number of hydrogen-bond donors (Lipinski definition) is 2. The van der Waals surface area contributed by atoms with Crippen molar-refractivity contribution in [2.24, 2.45) is 11.7 Å². The van der Waals surface area contributed by atoms with Crippen molar-refractivity contribution in [2.75, 3.05) is 18.4 Å². The van der Waals surface area contributed by atoms with Crippen LogP contribution in [-0.4, -0.2) is 23.1 Å². The Balaban J connectivity index is 2.63. The van der Waals surface area contributed by atoms with E-state index in [1.54, 1.807) is 6.33 Å². The van der Waals surface area contributed by atoms with Crippen LogP contribution in [0.2, 0.25) is 0 Å². The predicted molar refractivity (Wildman–Crippen MR) is 58.2 cm³/mol. The quantitative estimate of drug-likeness (QED) is 0.753. The summed E-state index contributed by atoms with van der Waals surface area (Å²) in [7, 11) is 0. The first kappa shape index (κ1) is 10.9. The highest BCUT2D eigenvalue weighted by atomic mass is 15.0. The van der Waals surface area contributed by atoms with E-state index in [0.717, 1.165) is 23.6 Å². The molecule has 1 aromatic rings. The van der Waals surface area contributed by atoms with E-state index in [9.17, 15) is 0 Å². The zero-order valence-electron chi connectivity index (χ0n) is 9.04. The predicted octanol–water partition coefficient (Wildman–Crippen LogP) is 1.10. The lowest BCUT2D eigenvalue weighted by molar-refractivity contribution is 0.626. The van der Waals surface area contributed by atoms with Gasteiger partial charge in [-0.15, -0.1) is 0 Å². The molecule has 0 aliphatic carbocycles. The molecule has 0 spiro atoms. The maximum atomic E-state index is 5.53. The van der Waals surface area contributed by atoms with E-state index in [2.05, 4.69) is 22.2 Å². The second kappa shape index (κ2) is 4.91. The number of nitrogens with two attached hydrogens (primary N) is 1. The molecule has 1 rings (SSSR count). The van der Waals surface area contributed by atoms with Crippen molar-refractivity contribution in [3.05, 3.63) is 17.6 Å². The molecule has 14 heavy (non-hydrogen) atoms. The van der Waals surface area contributed by atoms with Gasteiger partial charge in [0.25, 0.3) is 0 Å². The van der Waals surface area contributed by atoms with Gasteiger partial charge in [-0.05, 0) is 26.3 Å². The molecule has 78 valence electrons. The lowest BCUT2D eigenvalue weighted by Gasteiger charge is -2.12. The molecule has 0 saturated heterocycles. The zero-order valence-corrected chi connectivity index (χ0v) is 9.04. The molecule has 0 amide bonds. The maximum absolute atomic E-state index is 5.53. The highest BCUT2D eigenvalue weighted by Gasteiger charge is 2.04. The Bertz CT molecular complexity index is 298. The van der Waals surface area contributed by atoms with Gasteiger partial charge in [-0.2, -0.15) is 0 Å². The largest absolute Gasteiger partial charge is 0.369 e. The summed E-state index contributed by atoms with van der Waals surface area (Å²) in [5.74, 6) is 1.38. The minimum atomic E-state index is 0.463. The maximum Gasteiger partial charge on any atom is 0.132 e. The van der Waals surface area contributed by atoms with Crippen LogP contribution in [-0.2, 0) is 0 Å². The fourth-order valence-corrected chi connectivity index (χ4v) is 1.07. The number of aryl methyl sites for hydroxylation is 1. The minimum Gasteiger partial charge on any atom is -0.369 e. The van der Waals surface area contributed by atoms with Gasteiger partial charge in [0.1, 0.15) is 12.1 Å². The van der Waals surface area contributed by atoms with E-state index in [1.807, 2.05) is 13.8 Å². The Morgan fingerprint density at radius 1 is 1.43 bits per heavy atom. The first-order valence-corrected chi connectivity index (χ1v) is 4.87. The third kappa shape index (κ3) is 2.67. The Hall–Kier alpha value is -1.16. The van der Waals surface area contributed by atoms with E-state index in [4.69, 9.17) is 5.73 Å². The topological polar surface area (TPSA) is 63.8 Å². The first-order chi connectivity index (χ1) is 6.65. The van der Waals surface area contributed by atoms with Crippen LogP contribution >= 0.6 is 0 Å². The molecule has 0 aromatic carbocycles. The van der Waals surface area contributed by atoms with Gasteiger partial charge in [0.05, 0.1) is 0 Å². The van der Waals surface area contributed by atoms with Crippen LogP contribution in [0.1, 0.15) is 18.2 Å². The molecule has 0 saturated carbocycles. The SMILES string of the molecule is Cc1ncnc(NCC(C)CN)c1C. The normalized spacial score (nSPS) is 12.6. The van der Waals surface area contributed by atoms with Crippen molar-refractivity contribution < 1.29 is 0 Å². The average Bonchev–Trinajstić information content (AvgIpc) is 2.20. The summed E-state index contributed by atoms with van der Waals surface area (Å²) in [4.78, 5) is 8.29. The van der Waals surface area contributed by atoms with Gasteiger partial charge in [-0.25, -0.2) is 9.97 Å². The summed E-state index contributed by atoms with van der Waals surface area (Å²) in [5.41, 5.74) is 7.66. The summed E-state index contributed by atoms with van der Waals surface area (Å²) >= 11 is 0. The van der Waals surface area contributed by atoms with Crippen LogP contribution < -0.4 is 11.1 Å². The van der Waals surface area contributed by atoms with E-state index in [-0.39, 0.29) is 0 Å². The van der Waals surface area contributed by atoms with E-state index in [0.29, 0.717) is 12.5 Å². The molecule has 1 heterocycles. The molecule has 0 aliphatic heterocycles. The minimum absolute atomic E-state index is 0.463. The highest BCUT2D eigenvalue weighted by Crippen LogP contribution is 2.12. The number of rotatable bonds is 4. The standard InChI is InChI=1S/C10H18N4/c1-7(4-11)5-12-10-8(2)9(3)13-6-14-10/h6-7H,4-5,11H2,1-3H3,(H,12,13,14). The third-order valence-corrected chi connectivity index (χ3v) is 2.36. The van der Waals surface area contributed by atoms with Crippen molar-refractivity contribution in [2.45, 2.75) is 20.8 Å². The Morgan fingerprint density at radius 3 is 2.79 bits per heavy atom. The van der Waals surface area contributed by atoms with Crippen molar-refractivity contribution in [3.8, 4) is 0 Å². The van der Waals surface area contributed by atoms with Gasteiger partial charge in [-0.3, -0.25) is 0 Å². The van der Waals surface area contributed by atoms with Crippen LogP contribution in [0.3, 0.4) is 0 Å². The summed E-state index contributed by atoms with van der Waals surface area (Å²) < 4.78 is 0. The second-order valence-electron chi connectivity index (χ2n) is 3.65. The Labute approximate surface area is 85.0 Å². The second-order valence-corrected chi connectivity index (χ2v) is 3.65. The van der Waals surface area contributed by atoms with Crippen LogP contribution in [0, 0.1) is 19.8 Å². The Morgan fingerprint density at radius 2 is 2.14 bits per heavy atom. The van der Waals surface area contributed by atoms with Crippen molar-refractivity contribution in [1.29, 1.82) is 0 Å². The van der Waals surface area contributed by atoms with Crippen molar-refractivity contribution in [3.63, 3.8) is 0 Å². The lowest BCUT2D eigenvalue weighted by Crippen LogP contribution is -2.20. The van der Waals surface area contributed by atoms with Crippen LogP contribution in [0.5, 0.6) is 0 Å². The summed E-state index contributed by atoms with van der Waals surface area (Å²) in [6.07, 6.45) is 1.58. The van der Waals surface area contributed by atoms with Gasteiger partial charge < -0.3 is 11.1 Å². The monoisotopic (exact) mass is 194 g/mol. The van der Waals surface area contributed by atoms with Gasteiger partial charge in [0, 0.05) is 17.8 Å². The fraction of sp³-hybridized carbons (Fsp3) is 0.600. The summed E-state index contributed by atoms with van der Waals surface area (Å²) in [5, 5.41) is 3.27. The molecule has 1 aromatic heterocycles. The number of nitrogens with one attached hydrogen (secondary N) is 1.